The third kappa shape index (κ3) is 5.53. The lowest BCUT2D eigenvalue weighted by atomic mass is 10.1. The monoisotopic (exact) mass is 434 g/mol. The predicted octanol–water partition coefficient (Wildman–Crippen LogP) is 5.99. The number of rotatable bonds is 6. The van der Waals surface area contributed by atoms with Gasteiger partial charge in [-0.15, -0.1) is 10.2 Å². The standard InChI is InChI=1S/C20H23FN4O4S/c1-6-11(2)16-24-25-17(28-16)15-10-30-19(23-15)27-12-7-8-14(13(21)9-12)22-18(26)29-20(3,4)5/h7-11H,6H2,1-5H3,(H,22,26). The summed E-state index contributed by atoms with van der Waals surface area (Å²) >= 11 is 1.22. The van der Waals surface area contributed by atoms with Crippen LogP contribution >= 0.6 is 11.3 Å². The number of nitrogens with one attached hydrogen (secondary N) is 1. The van der Waals surface area contributed by atoms with E-state index in [-0.39, 0.29) is 17.4 Å². The van der Waals surface area contributed by atoms with E-state index in [0.717, 1.165) is 12.5 Å². The summed E-state index contributed by atoms with van der Waals surface area (Å²) in [6.07, 6.45) is 0.146. The van der Waals surface area contributed by atoms with Crippen molar-refractivity contribution in [1.29, 1.82) is 0 Å². The summed E-state index contributed by atoms with van der Waals surface area (Å²) in [5.41, 5.74) is -0.208. The van der Waals surface area contributed by atoms with Crippen LogP contribution in [0.25, 0.3) is 11.6 Å². The first-order valence-corrected chi connectivity index (χ1v) is 10.3. The molecule has 2 heterocycles. The molecule has 10 heteroatoms. The Balaban J connectivity index is 1.67. The number of aromatic nitrogens is 3. The van der Waals surface area contributed by atoms with Crippen LogP contribution in [0.15, 0.2) is 28.0 Å². The second-order valence-corrected chi connectivity index (χ2v) is 8.44. The summed E-state index contributed by atoms with van der Waals surface area (Å²) in [6, 6.07) is 4.06. The summed E-state index contributed by atoms with van der Waals surface area (Å²) in [6.45, 7) is 9.21. The second-order valence-electron chi connectivity index (χ2n) is 7.62. The number of carbonyl (C=O) groups excluding carboxylic acids is 1. The molecule has 0 spiro atoms. The lowest BCUT2D eigenvalue weighted by molar-refractivity contribution is 0.0635. The Kier molecular flexibility index (Phi) is 6.35. The Labute approximate surface area is 177 Å². The molecule has 160 valence electrons. The number of thiazole rings is 1. The molecule has 0 aliphatic carbocycles. The highest BCUT2D eigenvalue weighted by atomic mass is 32.1. The van der Waals surface area contributed by atoms with Crippen molar-refractivity contribution in [3.63, 3.8) is 0 Å². The summed E-state index contributed by atoms with van der Waals surface area (Å²) in [5.74, 6) is 0.591. The fraction of sp³-hybridized carbons (Fsp3) is 0.400. The first-order valence-electron chi connectivity index (χ1n) is 9.41. The molecule has 3 rings (SSSR count). The van der Waals surface area contributed by atoms with Gasteiger partial charge in [0.15, 0.2) is 5.82 Å². The zero-order valence-electron chi connectivity index (χ0n) is 17.4. The maximum Gasteiger partial charge on any atom is 0.412 e. The molecule has 1 amide bonds. The minimum Gasteiger partial charge on any atom is -0.444 e. The Hall–Kier alpha value is -3.01. The number of ether oxygens (including phenoxy) is 2. The molecule has 1 N–H and O–H groups in total. The highest BCUT2D eigenvalue weighted by Gasteiger charge is 2.19. The molecule has 0 fully saturated rings. The molecule has 1 aromatic carbocycles. The molecule has 0 bridgehead atoms. The van der Waals surface area contributed by atoms with Gasteiger partial charge in [0.2, 0.25) is 5.89 Å². The van der Waals surface area contributed by atoms with Crippen LogP contribution in [0.2, 0.25) is 0 Å². The molecule has 0 aliphatic heterocycles. The quantitative estimate of drug-likeness (QED) is 0.509. The molecule has 0 saturated carbocycles. The Morgan fingerprint density at radius 3 is 2.77 bits per heavy atom. The number of halogens is 1. The largest absolute Gasteiger partial charge is 0.444 e. The van der Waals surface area contributed by atoms with Gasteiger partial charge in [0, 0.05) is 17.4 Å². The smallest absolute Gasteiger partial charge is 0.412 e. The van der Waals surface area contributed by atoms with Crippen molar-refractivity contribution in [3.8, 4) is 22.5 Å². The molecule has 1 atom stereocenters. The van der Waals surface area contributed by atoms with E-state index >= 15 is 0 Å². The van der Waals surface area contributed by atoms with Crippen LogP contribution in [-0.4, -0.2) is 26.9 Å². The Morgan fingerprint density at radius 1 is 1.33 bits per heavy atom. The molecular formula is C20H23FN4O4S. The fourth-order valence-electron chi connectivity index (χ4n) is 2.29. The lowest BCUT2D eigenvalue weighted by Crippen LogP contribution is -2.27. The molecule has 0 saturated heterocycles. The van der Waals surface area contributed by atoms with Gasteiger partial charge in [0.1, 0.15) is 17.0 Å². The van der Waals surface area contributed by atoms with Gasteiger partial charge >= 0.3 is 6.09 Å². The minimum absolute atomic E-state index is 0.0140. The van der Waals surface area contributed by atoms with Crippen LogP contribution in [0.5, 0.6) is 10.9 Å². The first-order chi connectivity index (χ1) is 14.1. The van der Waals surface area contributed by atoms with E-state index in [1.165, 1.54) is 23.5 Å². The zero-order valence-corrected chi connectivity index (χ0v) is 18.2. The van der Waals surface area contributed by atoms with E-state index in [0.29, 0.717) is 22.7 Å². The van der Waals surface area contributed by atoms with Crippen LogP contribution in [0.1, 0.15) is 52.8 Å². The Morgan fingerprint density at radius 2 is 2.10 bits per heavy atom. The van der Waals surface area contributed by atoms with Crippen molar-refractivity contribution in [3.05, 3.63) is 35.3 Å². The van der Waals surface area contributed by atoms with Gasteiger partial charge in [0.25, 0.3) is 11.1 Å². The molecule has 30 heavy (non-hydrogen) atoms. The molecule has 0 radical (unpaired) electrons. The van der Waals surface area contributed by atoms with E-state index in [1.807, 2.05) is 13.8 Å². The first kappa shape index (κ1) is 21.7. The summed E-state index contributed by atoms with van der Waals surface area (Å²) in [4.78, 5) is 16.1. The number of anilines is 1. The van der Waals surface area contributed by atoms with Gasteiger partial charge in [-0.3, -0.25) is 5.32 Å². The van der Waals surface area contributed by atoms with Gasteiger partial charge in [-0.25, -0.2) is 9.18 Å². The number of hydrogen-bond acceptors (Lipinski definition) is 8. The third-order valence-corrected chi connectivity index (χ3v) is 4.68. The number of carbonyl (C=O) groups is 1. The van der Waals surface area contributed by atoms with Gasteiger partial charge in [-0.1, -0.05) is 25.2 Å². The average Bonchev–Trinajstić information content (AvgIpc) is 3.31. The van der Waals surface area contributed by atoms with Crippen molar-refractivity contribution in [2.75, 3.05) is 5.32 Å². The molecule has 0 aliphatic rings. The van der Waals surface area contributed by atoms with E-state index in [1.54, 1.807) is 26.2 Å². The van der Waals surface area contributed by atoms with E-state index in [4.69, 9.17) is 13.9 Å². The van der Waals surface area contributed by atoms with Crippen LogP contribution < -0.4 is 10.1 Å². The highest BCUT2D eigenvalue weighted by Crippen LogP contribution is 2.31. The van der Waals surface area contributed by atoms with Crippen LogP contribution in [-0.2, 0) is 4.74 Å². The van der Waals surface area contributed by atoms with Crippen molar-refractivity contribution in [1.82, 2.24) is 15.2 Å². The minimum atomic E-state index is -0.740. The van der Waals surface area contributed by atoms with Crippen LogP contribution in [0.4, 0.5) is 14.9 Å². The van der Waals surface area contributed by atoms with Gasteiger partial charge < -0.3 is 13.9 Å². The summed E-state index contributed by atoms with van der Waals surface area (Å²) < 4.78 is 30.7. The van der Waals surface area contributed by atoms with Crippen molar-refractivity contribution >= 4 is 23.1 Å². The SMILES string of the molecule is CCC(C)c1nnc(-c2csc(Oc3ccc(NC(=O)OC(C)(C)C)c(F)c3)n2)o1. The van der Waals surface area contributed by atoms with Gasteiger partial charge in [-0.2, -0.15) is 4.98 Å². The number of amides is 1. The van der Waals surface area contributed by atoms with E-state index < -0.39 is 17.5 Å². The third-order valence-electron chi connectivity index (χ3n) is 3.96. The molecule has 8 nitrogen and oxygen atoms in total. The number of hydrogen-bond donors (Lipinski definition) is 1. The van der Waals surface area contributed by atoms with E-state index in [2.05, 4.69) is 20.5 Å². The van der Waals surface area contributed by atoms with Crippen molar-refractivity contribution < 1.29 is 23.1 Å². The normalized spacial score (nSPS) is 12.5. The van der Waals surface area contributed by atoms with Crippen LogP contribution in [0.3, 0.4) is 0 Å². The highest BCUT2D eigenvalue weighted by molar-refractivity contribution is 7.11. The van der Waals surface area contributed by atoms with Crippen molar-refractivity contribution in [2.45, 2.75) is 52.6 Å². The maximum atomic E-state index is 14.3. The Bertz CT molecular complexity index is 1030. The molecule has 2 aromatic heterocycles. The topological polar surface area (TPSA) is 99.4 Å². The predicted molar refractivity (Wildman–Crippen MR) is 110 cm³/mol. The van der Waals surface area contributed by atoms with Gasteiger partial charge in [0.05, 0.1) is 5.69 Å². The second kappa shape index (κ2) is 8.78. The molecule has 3 aromatic rings. The summed E-state index contributed by atoms with van der Waals surface area (Å²) in [7, 11) is 0. The molecular weight excluding hydrogens is 411 g/mol. The lowest BCUT2D eigenvalue weighted by Gasteiger charge is -2.19. The number of benzene rings is 1. The maximum absolute atomic E-state index is 14.3. The van der Waals surface area contributed by atoms with Crippen LogP contribution in [0, 0.1) is 5.82 Å². The molecule has 1 unspecified atom stereocenters. The summed E-state index contributed by atoms with van der Waals surface area (Å²) in [5, 5.41) is 12.4. The fourth-order valence-corrected chi connectivity index (χ4v) is 2.95. The van der Waals surface area contributed by atoms with Crippen molar-refractivity contribution in [2.24, 2.45) is 0 Å². The number of nitrogens with zero attached hydrogens (tertiary/aromatic N) is 3. The van der Waals surface area contributed by atoms with E-state index in [9.17, 15) is 9.18 Å². The van der Waals surface area contributed by atoms with Gasteiger partial charge in [-0.05, 0) is 39.3 Å². The average molecular weight is 434 g/mol. The zero-order chi connectivity index (χ0) is 21.9.